The molecule has 0 aromatic heterocycles. The van der Waals surface area contributed by atoms with E-state index in [9.17, 15) is 0 Å². The molecule has 2 atom stereocenters. The highest BCUT2D eigenvalue weighted by Gasteiger charge is 2.10. The third-order valence-electron chi connectivity index (χ3n) is 1.98. The van der Waals surface area contributed by atoms with Crippen molar-refractivity contribution in [2.75, 3.05) is 0 Å². The zero-order valence-electron chi connectivity index (χ0n) is 8.15. The highest BCUT2D eigenvalue weighted by Crippen LogP contribution is 2.19. The molecule has 0 spiro atoms. The molecule has 2 unspecified atom stereocenters. The maximum Gasteiger partial charge on any atom is 0.0350 e. The minimum Gasteiger partial charge on any atom is -0.123 e. The lowest BCUT2D eigenvalue weighted by Gasteiger charge is -2.12. The molecule has 0 saturated carbocycles. The highest BCUT2D eigenvalue weighted by atomic mass is 35.5. The van der Waals surface area contributed by atoms with Gasteiger partial charge in [-0.2, -0.15) is 0 Å². The van der Waals surface area contributed by atoms with Crippen molar-refractivity contribution in [1.29, 1.82) is 0 Å². The van der Waals surface area contributed by atoms with Crippen LogP contribution in [0.5, 0.6) is 0 Å². The average Bonchev–Trinajstić information content (AvgIpc) is 2.01. The molecule has 0 aliphatic heterocycles. The van der Waals surface area contributed by atoms with Crippen LogP contribution in [-0.4, -0.2) is 10.8 Å². The first-order valence-electron chi connectivity index (χ1n) is 4.98. The van der Waals surface area contributed by atoms with E-state index in [1.54, 1.807) is 0 Å². The van der Waals surface area contributed by atoms with Crippen LogP contribution in [0.1, 0.15) is 52.4 Å². The van der Waals surface area contributed by atoms with Gasteiger partial charge in [0.05, 0.1) is 0 Å². The zero-order valence-corrected chi connectivity index (χ0v) is 9.67. The van der Waals surface area contributed by atoms with Crippen LogP contribution < -0.4 is 0 Å². The van der Waals surface area contributed by atoms with Gasteiger partial charge in [-0.15, -0.1) is 23.2 Å². The zero-order chi connectivity index (χ0) is 9.40. The molecule has 0 aromatic carbocycles. The van der Waals surface area contributed by atoms with Crippen molar-refractivity contribution >= 4 is 23.2 Å². The second kappa shape index (κ2) is 8.19. The lowest BCUT2D eigenvalue weighted by Crippen LogP contribution is -2.08. The summed E-state index contributed by atoms with van der Waals surface area (Å²) in [7, 11) is 0. The molecule has 0 bridgehead atoms. The number of alkyl halides is 2. The monoisotopic (exact) mass is 210 g/mol. The summed E-state index contributed by atoms with van der Waals surface area (Å²) in [6.45, 7) is 4.35. The topological polar surface area (TPSA) is 0 Å². The molecule has 0 aliphatic rings. The standard InChI is InChI=1S/C10H20Cl2/c1-3-5-7-10(12)8-9(11)6-4-2/h9-10H,3-8H2,1-2H3. The number of hydrogen-bond acceptors (Lipinski definition) is 0. The molecular formula is C10H20Cl2. The van der Waals surface area contributed by atoms with Crippen molar-refractivity contribution in [3.8, 4) is 0 Å². The first-order valence-corrected chi connectivity index (χ1v) is 5.86. The van der Waals surface area contributed by atoms with Gasteiger partial charge in [0.1, 0.15) is 0 Å². The number of hydrogen-bond donors (Lipinski definition) is 0. The summed E-state index contributed by atoms with van der Waals surface area (Å²) in [4.78, 5) is 0. The first kappa shape index (κ1) is 12.6. The maximum atomic E-state index is 6.11. The second-order valence-electron chi connectivity index (χ2n) is 3.36. The first-order chi connectivity index (χ1) is 5.70. The summed E-state index contributed by atoms with van der Waals surface area (Å²) in [5.74, 6) is 0. The van der Waals surface area contributed by atoms with E-state index in [2.05, 4.69) is 13.8 Å². The van der Waals surface area contributed by atoms with Crippen LogP contribution in [0.15, 0.2) is 0 Å². The molecule has 0 saturated heterocycles. The van der Waals surface area contributed by atoms with Gasteiger partial charge in [-0.05, 0) is 19.3 Å². The van der Waals surface area contributed by atoms with Crippen LogP contribution in [0, 0.1) is 0 Å². The molecule has 0 amide bonds. The van der Waals surface area contributed by atoms with Crippen LogP contribution in [0.4, 0.5) is 0 Å². The SMILES string of the molecule is CCCCC(Cl)CC(Cl)CCC. The van der Waals surface area contributed by atoms with Gasteiger partial charge in [-0.1, -0.05) is 33.1 Å². The average molecular weight is 211 g/mol. The van der Waals surface area contributed by atoms with Gasteiger partial charge < -0.3 is 0 Å². The largest absolute Gasteiger partial charge is 0.123 e. The molecule has 12 heavy (non-hydrogen) atoms. The molecule has 0 rings (SSSR count). The van der Waals surface area contributed by atoms with E-state index in [4.69, 9.17) is 23.2 Å². The van der Waals surface area contributed by atoms with Gasteiger partial charge in [0.25, 0.3) is 0 Å². The predicted octanol–water partition coefficient (Wildman–Crippen LogP) is 4.58. The quantitative estimate of drug-likeness (QED) is 0.540. The molecule has 74 valence electrons. The van der Waals surface area contributed by atoms with E-state index < -0.39 is 0 Å². The predicted molar refractivity (Wildman–Crippen MR) is 58.3 cm³/mol. The fraction of sp³-hybridized carbons (Fsp3) is 1.00. The summed E-state index contributed by atoms with van der Waals surface area (Å²) >= 11 is 12.2. The molecule has 0 N–H and O–H groups in total. The molecule has 2 heteroatoms. The molecule has 0 aromatic rings. The van der Waals surface area contributed by atoms with Crippen molar-refractivity contribution in [2.24, 2.45) is 0 Å². The minimum absolute atomic E-state index is 0.286. The van der Waals surface area contributed by atoms with E-state index in [0.29, 0.717) is 5.38 Å². The summed E-state index contributed by atoms with van der Waals surface area (Å²) in [6, 6.07) is 0. The number of halogens is 2. The summed E-state index contributed by atoms with van der Waals surface area (Å²) < 4.78 is 0. The van der Waals surface area contributed by atoms with Crippen molar-refractivity contribution in [3.63, 3.8) is 0 Å². The molecule has 0 fully saturated rings. The van der Waals surface area contributed by atoms with Crippen molar-refractivity contribution < 1.29 is 0 Å². The van der Waals surface area contributed by atoms with Crippen molar-refractivity contribution in [1.82, 2.24) is 0 Å². The van der Waals surface area contributed by atoms with Crippen molar-refractivity contribution in [3.05, 3.63) is 0 Å². The molecule has 0 aliphatic carbocycles. The third-order valence-corrected chi connectivity index (χ3v) is 2.78. The van der Waals surface area contributed by atoms with E-state index in [0.717, 1.165) is 25.7 Å². The van der Waals surface area contributed by atoms with Gasteiger partial charge in [0.2, 0.25) is 0 Å². The van der Waals surface area contributed by atoms with Gasteiger partial charge in [0.15, 0.2) is 0 Å². The Labute approximate surface area is 86.6 Å². The Hall–Kier alpha value is 0.580. The molecule has 0 nitrogen and oxygen atoms in total. The van der Waals surface area contributed by atoms with Crippen LogP contribution in [0.3, 0.4) is 0 Å². The summed E-state index contributed by atoms with van der Waals surface area (Å²) in [5.41, 5.74) is 0. The maximum absolute atomic E-state index is 6.11. The molecule has 0 radical (unpaired) electrons. The Kier molecular flexibility index (Phi) is 8.59. The lowest BCUT2D eigenvalue weighted by molar-refractivity contribution is 0.597. The fourth-order valence-corrected chi connectivity index (χ4v) is 2.15. The van der Waals surface area contributed by atoms with E-state index in [1.807, 2.05) is 0 Å². The van der Waals surface area contributed by atoms with Gasteiger partial charge in [-0.25, -0.2) is 0 Å². The Morgan fingerprint density at radius 1 is 0.917 bits per heavy atom. The third kappa shape index (κ3) is 7.24. The van der Waals surface area contributed by atoms with Gasteiger partial charge in [-0.3, -0.25) is 0 Å². The van der Waals surface area contributed by atoms with E-state index in [-0.39, 0.29) is 5.38 Å². The smallest absolute Gasteiger partial charge is 0.0350 e. The molecule has 0 heterocycles. The molecular weight excluding hydrogens is 191 g/mol. The van der Waals surface area contributed by atoms with Gasteiger partial charge >= 0.3 is 0 Å². The normalized spacial score (nSPS) is 16.0. The van der Waals surface area contributed by atoms with Gasteiger partial charge in [0, 0.05) is 10.8 Å². The van der Waals surface area contributed by atoms with Crippen LogP contribution in [-0.2, 0) is 0 Å². The summed E-state index contributed by atoms with van der Waals surface area (Å²) in [6.07, 6.45) is 6.79. The number of unbranched alkanes of at least 4 members (excludes halogenated alkanes) is 1. The fourth-order valence-electron chi connectivity index (χ4n) is 1.25. The Bertz CT molecular complexity index is 93.8. The van der Waals surface area contributed by atoms with E-state index >= 15 is 0 Å². The van der Waals surface area contributed by atoms with Crippen LogP contribution in [0.2, 0.25) is 0 Å². The summed E-state index contributed by atoms with van der Waals surface area (Å²) in [5, 5.41) is 0.577. The van der Waals surface area contributed by atoms with Crippen LogP contribution >= 0.6 is 23.2 Å². The lowest BCUT2D eigenvalue weighted by atomic mass is 10.1. The van der Waals surface area contributed by atoms with Crippen LogP contribution in [0.25, 0.3) is 0 Å². The Morgan fingerprint density at radius 3 is 2.00 bits per heavy atom. The second-order valence-corrected chi connectivity index (χ2v) is 4.60. The minimum atomic E-state index is 0.286. The van der Waals surface area contributed by atoms with Crippen molar-refractivity contribution in [2.45, 2.75) is 63.1 Å². The van der Waals surface area contributed by atoms with E-state index in [1.165, 1.54) is 12.8 Å². The highest BCUT2D eigenvalue weighted by molar-refractivity contribution is 6.23. The number of rotatable bonds is 7. The Morgan fingerprint density at radius 2 is 1.50 bits per heavy atom. The Balaban J connectivity index is 3.33.